The molecule has 1 saturated carbocycles. The van der Waals surface area contributed by atoms with Gasteiger partial charge in [-0.25, -0.2) is 0 Å². The van der Waals surface area contributed by atoms with Crippen LogP contribution in [0.5, 0.6) is 11.5 Å². The van der Waals surface area contributed by atoms with E-state index in [-0.39, 0.29) is 5.60 Å². The summed E-state index contributed by atoms with van der Waals surface area (Å²) in [5.41, 5.74) is 3.54. The van der Waals surface area contributed by atoms with Gasteiger partial charge in [0.2, 0.25) is 0 Å². The second-order valence-corrected chi connectivity index (χ2v) is 9.66. The molecule has 1 aliphatic heterocycles. The standard InChI is InChI=1S/C24H34O2/c1-15-9-10-20-19(11-15)23-21(25)13-17(14-22(23)26-24(20,3)4)12-16(2)18-7-5-6-8-18/h9,13-14,16,18-20,25H,5-8,10-12H2,1-4H3. The summed E-state index contributed by atoms with van der Waals surface area (Å²) in [5, 5.41) is 10.9. The van der Waals surface area contributed by atoms with E-state index in [0.29, 0.717) is 23.5 Å². The summed E-state index contributed by atoms with van der Waals surface area (Å²) in [6.07, 6.45) is 11.0. The Labute approximate surface area is 158 Å². The van der Waals surface area contributed by atoms with E-state index in [1.165, 1.54) is 36.8 Å². The highest BCUT2D eigenvalue weighted by Gasteiger charge is 2.45. The van der Waals surface area contributed by atoms with Gasteiger partial charge in [0.15, 0.2) is 0 Å². The zero-order chi connectivity index (χ0) is 18.5. The van der Waals surface area contributed by atoms with E-state index in [0.717, 1.165) is 36.5 Å². The van der Waals surface area contributed by atoms with Gasteiger partial charge in [-0.2, -0.15) is 0 Å². The van der Waals surface area contributed by atoms with Gasteiger partial charge in [0.05, 0.1) is 0 Å². The highest BCUT2D eigenvalue weighted by Crippen LogP contribution is 2.54. The minimum absolute atomic E-state index is 0.184. The lowest BCUT2D eigenvalue weighted by atomic mass is 9.67. The van der Waals surface area contributed by atoms with Crippen LogP contribution in [0.3, 0.4) is 0 Å². The van der Waals surface area contributed by atoms with E-state index in [9.17, 15) is 5.11 Å². The second kappa shape index (κ2) is 6.62. The maximum absolute atomic E-state index is 10.9. The summed E-state index contributed by atoms with van der Waals surface area (Å²) in [6.45, 7) is 9.02. The predicted octanol–water partition coefficient (Wildman–Crippen LogP) is 6.37. The number of phenolic OH excluding ortho intramolecular Hbond substituents is 1. The van der Waals surface area contributed by atoms with Crippen molar-refractivity contribution in [3.8, 4) is 11.5 Å². The van der Waals surface area contributed by atoms with Crippen LogP contribution < -0.4 is 4.74 Å². The SMILES string of the molecule is CC1=CCC2C(C1)c1c(O)cc(CC(C)C3CCCC3)cc1OC2(C)C. The molecule has 142 valence electrons. The van der Waals surface area contributed by atoms with E-state index in [1.807, 2.05) is 6.07 Å². The van der Waals surface area contributed by atoms with Gasteiger partial charge in [-0.05, 0) is 69.6 Å². The summed E-state index contributed by atoms with van der Waals surface area (Å²) >= 11 is 0. The number of hydrogen-bond donors (Lipinski definition) is 1. The van der Waals surface area contributed by atoms with Crippen molar-refractivity contribution in [2.24, 2.45) is 17.8 Å². The van der Waals surface area contributed by atoms with Crippen molar-refractivity contribution in [1.82, 2.24) is 0 Å². The fraction of sp³-hybridized carbons (Fsp3) is 0.667. The lowest BCUT2D eigenvalue weighted by Crippen LogP contribution is -2.45. The van der Waals surface area contributed by atoms with Gasteiger partial charge in [-0.3, -0.25) is 0 Å². The van der Waals surface area contributed by atoms with Crippen LogP contribution in [0.2, 0.25) is 0 Å². The quantitative estimate of drug-likeness (QED) is 0.639. The fourth-order valence-electron chi connectivity index (χ4n) is 5.80. The molecule has 3 atom stereocenters. The summed E-state index contributed by atoms with van der Waals surface area (Å²) in [6, 6.07) is 4.25. The molecule has 0 aromatic heterocycles. The van der Waals surface area contributed by atoms with Crippen LogP contribution >= 0.6 is 0 Å². The summed E-state index contributed by atoms with van der Waals surface area (Å²) in [5.74, 6) is 3.73. The van der Waals surface area contributed by atoms with Gasteiger partial charge in [0.1, 0.15) is 17.1 Å². The minimum Gasteiger partial charge on any atom is -0.508 e. The van der Waals surface area contributed by atoms with Gasteiger partial charge in [0.25, 0.3) is 0 Å². The maximum Gasteiger partial charge on any atom is 0.127 e. The lowest BCUT2D eigenvalue weighted by Gasteiger charge is -2.47. The third kappa shape index (κ3) is 3.17. The molecular formula is C24H34O2. The van der Waals surface area contributed by atoms with Crippen LogP contribution in [0.1, 0.15) is 83.3 Å². The molecule has 1 heterocycles. The van der Waals surface area contributed by atoms with Gasteiger partial charge in [-0.1, -0.05) is 44.3 Å². The Bertz CT molecular complexity index is 709. The maximum atomic E-state index is 10.9. The van der Waals surface area contributed by atoms with Gasteiger partial charge in [-0.15, -0.1) is 0 Å². The first-order chi connectivity index (χ1) is 12.3. The van der Waals surface area contributed by atoms with E-state index < -0.39 is 0 Å². The van der Waals surface area contributed by atoms with Crippen molar-refractivity contribution in [3.05, 3.63) is 34.9 Å². The molecule has 1 N–H and O–H groups in total. The number of aromatic hydroxyl groups is 1. The number of phenols is 1. The Morgan fingerprint density at radius 1 is 1.23 bits per heavy atom. The van der Waals surface area contributed by atoms with E-state index in [2.05, 4.69) is 39.8 Å². The monoisotopic (exact) mass is 354 g/mol. The predicted molar refractivity (Wildman–Crippen MR) is 107 cm³/mol. The zero-order valence-electron chi connectivity index (χ0n) is 16.8. The van der Waals surface area contributed by atoms with Gasteiger partial charge >= 0.3 is 0 Å². The molecule has 0 amide bonds. The number of hydrogen-bond acceptors (Lipinski definition) is 2. The fourth-order valence-corrected chi connectivity index (χ4v) is 5.80. The first-order valence-corrected chi connectivity index (χ1v) is 10.6. The molecule has 26 heavy (non-hydrogen) atoms. The molecule has 3 unspecified atom stereocenters. The van der Waals surface area contributed by atoms with Crippen LogP contribution in [-0.2, 0) is 6.42 Å². The molecule has 1 fully saturated rings. The third-order valence-electron chi connectivity index (χ3n) is 7.33. The Hall–Kier alpha value is -1.44. The number of rotatable bonds is 3. The Balaban J connectivity index is 1.65. The summed E-state index contributed by atoms with van der Waals surface area (Å²) < 4.78 is 6.46. The second-order valence-electron chi connectivity index (χ2n) is 9.66. The molecule has 3 aliphatic rings. The van der Waals surface area contributed by atoms with Crippen molar-refractivity contribution in [2.45, 2.75) is 84.2 Å². The lowest BCUT2D eigenvalue weighted by molar-refractivity contribution is 0.00751. The Morgan fingerprint density at radius 3 is 2.69 bits per heavy atom. The number of ether oxygens (including phenoxy) is 1. The molecule has 0 radical (unpaired) electrons. The molecular weight excluding hydrogens is 320 g/mol. The van der Waals surface area contributed by atoms with Crippen molar-refractivity contribution in [2.75, 3.05) is 0 Å². The highest BCUT2D eigenvalue weighted by atomic mass is 16.5. The molecule has 2 heteroatoms. The van der Waals surface area contributed by atoms with Crippen LogP contribution in [0, 0.1) is 17.8 Å². The normalized spacial score (nSPS) is 28.7. The van der Waals surface area contributed by atoms with Crippen molar-refractivity contribution in [1.29, 1.82) is 0 Å². The average Bonchev–Trinajstić information content (AvgIpc) is 3.07. The van der Waals surface area contributed by atoms with Crippen LogP contribution in [0.25, 0.3) is 0 Å². The smallest absolute Gasteiger partial charge is 0.127 e. The van der Waals surface area contributed by atoms with Gasteiger partial charge < -0.3 is 9.84 Å². The summed E-state index contributed by atoms with van der Waals surface area (Å²) in [4.78, 5) is 0. The molecule has 0 saturated heterocycles. The minimum atomic E-state index is -0.184. The largest absolute Gasteiger partial charge is 0.508 e. The summed E-state index contributed by atoms with van der Waals surface area (Å²) in [7, 11) is 0. The third-order valence-corrected chi connectivity index (χ3v) is 7.33. The highest BCUT2D eigenvalue weighted by molar-refractivity contribution is 5.52. The Morgan fingerprint density at radius 2 is 1.96 bits per heavy atom. The number of fused-ring (bicyclic) bond motifs is 3. The molecule has 2 nitrogen and oxygen atoms in total. The van der Waals surface area contributed by atoms with Crippen molar-refractivity contribution in [3.63, 3.8) is 0 Å². The molecule has 4 rings (SSSR count). The average molecular weight is 355 g/mol. The molecule has 2 aliphatic carbocycles. The van der Waals surface area contributed by atoms with E-state index in [1.54, 1.807) is 0 Å². The van der Waals surface area contributed by atoms with Crippen molar-refractivity contribution >= 4 is 0 Å². The molecule has 1 aromatic carbocycles. The van der Waals surface area contributed by atoms with Crippen LogP contribution in [0.4, 0.5) is 0 Å². The topological polar surface area (TPSA) is 29.5 Å². The molecule has 1 aromatic rings. The first kappa shape index (κ1) is 17.9. The zero-order valence-corrected chi connectivity index (χ0v) is 16.8. The van der Waals surface area contributed by atoms with Crippen LogP contribution in [0.15, 0.2) is 23.8 Å². The first-order valence-electron chi connectivity index (χ1n) is 10.6. The molecule has 0 spiro atoms. The Kier molecular flexibility index (Phi) is 4.57. The van der Waals surface area contributed by atoms with Crippen LogP contribution in [-0.4, -0.2) is 10.7 Å². The number of allylic oxidation sites excluding steroid dienone is 2. The molecule has 0 bridgehead atoms. The van der Waals surface area contributed by atoms with Gasteiger partial charge in [0, 0.05) is 17.4 Å². The van der Waals surface area contributed by atoms with E-state index in [4.69, 9.17) is 4.74 Å². The number of benzene rings is 1. The van der Waals surface area contributed by atoms with Crippen molar-refractivity contribution < 1.29 is 9.84 Å². The van der Waals surface area contributed by atoms with E-state index >= 15 is 0 Å².